The van der Waals surface area contributed by atoms with Gasteiger partial charge in [-0.2, -0.15) is 0 Å². The van der Waals surface area contributed by atoms with Crippen LogP contribution in [-0.4, -0.2) is 37.0 Å². The van der Waals surface area contributed by atoms with E-state index in [-0.39, 0.29) is 5.92 Å². The van der Waals surface area contributed by atoms with Gasteiger partial charge in [0, 0.05) is 25.7 Å². The average Bonchev–Trinajstić information content (AvgIpc) is 2.15. The number of hydrogen-bond donors (Lipinski definition) is 1. The molecule has 4 nitrogen and oxygen atoms in total. The summed E-state index contributed by atoms with van der Waals surface area (Å²) in [5.74, 6) is -0.736. The highest BCUT2D eigenvalue weighted by Crippen LogP contribution is 2.21. The molecule has 4 heteroatoms. The van der Waals surface area contributed by atoms with E-state index in [1.165, 1.54) is 0 Å². The van der Waals surface area contributed by atoms with Crippen LogP contribution in [0.25, 0.3) is 0 Å². The number of carbonyl (C=O) groups is 1. The number of rotatable bonds is 4. The molecule has 76 valence electrons. The van der Waals surface area contributed by atoms with Crippen LogP contribution in [0.3, 0.4) is 0 Å². The second-order valence-electron chi connectivity index (χ2n) is 3.16. The molecule has 13 heavy (non-hydrogen) atoms. The Morgan fingerprint density at radius 3 is 2.69 bits per heavy atom. The molecular formula is C9H16O4. The molecule has 0 aromatic heterocycles. The Labute approximate surface area is 77.8 Å². The van der Waals surface area contributed by atoms with Crippen LogP contribution in [0.4, 0.5) is 0 Å². The molecule has 1 heterocycles. The molecule has 1 atom stereocenters. The minimum absolute atomic E-state index is 0.117. The molecule has 1 aliphatic rings. The molecule has 0 aromatic rings. The fraction of sp³-hybridized carbons (Fsp3) is 0.889. The van der Waals surface area contributed by atoms with E-state index in [4.69, 9.17) is 14.6 Å². The van der Waals surface area contributed by atoms with Crippen LogP contribution in [0.5, 0.6) is 0 Å². The maximum absolute atomic E-state index is 10.8. The molecule has 1 N–H and O–H groups in total. The van der Waals surface area contributed by atoms with Crippen molar-refractivity contribution in [3.8, 4) is 0 Å². The molecule has 0 amide bonds. The number of carboxylic acids is 1. The summed E-state index contributed by atoms with van der Waals surface area (Å²) in [6.45, 7) is 3.58. The van der Waals surface area contributed by atoms with Crippen molar-refractivity contribution in [3.05, 3.63) is 0 Å². The first-order valence-electron chi connectivity index (χ1n) is 4.68. The maximum atomic E-state index is 10.8. The third-order valence-electron chi connectivity index (χ3n) is 2.28. The average molecular weight is 188 g/mol. The van der Waals surface area contributed by atoms with Gasteiger partial charge in [-0.05, 0) is 19.8 Å². The van der Waals surface area contributed by atoms with Gasteiger partial charge >= 0.3 is 5.97 Å². The summed E-state index contributed by atoms with van der Waals surface area (Å²) < 4.78 is 10.3. The third-order valence-corrected chi connectivity index (χ3v) is 2.28. The summed E-state index contributed by atoms with van der Waals surface area (Å²) in [7, 11) is 0. The minimum Gasteiger partial charge on any atom is -0.479 e. The van der Waals surface area contributed by atoms with E-state index in [0.29, 0.717) is 19.8 Å². The first kappa shape index (κ1) is 10.5. The molecule has 0 aromatic carbocycles. The Balaban J connectivity index is 2.46. The van der Waals surface area contributed by atoms with Crippen molar-refractivity contribution in [1.29, 1.82) is 0 Å². The lowest BCUT2D eigenvalue weighted by Gasteiger charge is -2.27. The largest absolute Gasteiger partial charge is 0.479 e. The Kier molecular flexibility index (Phi) is 4.18. The molecule has 0 unspecified atom stereocenters. The highest BCUT2D eigenvalue weighted by atomic mass is 16.5. The zero-order chi connectivity index (χ0) is 9.68. The van der Waals surface area contributed by atoms with E-state index < -0.39 is 12.1 Å². The van der Waals surface area contributed by atoms with Crippen molar-refractivity contribution in [2.24, 2.45) is 5.92 Å². The lowest BCUT2D eigenvalue weighted by atomic mass is 9.94. The summed E-state index contributed by atoms with van der Waals surface area (Å²) in [4.78, 5) is 10.8. The van der Waals surface area contributed by atoms with Gasteiger partial charge in [-0.1, -0.05) is 0 Å². The fourth-order valence-corrected chi connectivity index (χ4v) is 1.61. The lowest BCUT2D eigenvalue weighted by molar-refractivity contribution is -0.156. The minimum atomic E-state index is -0.853. The SMILES string of the molecule is CCO[C@@H](C(=O)O)C1CCOCC1. The molecular weight excluding hydrogens is 172 g/mol. The summed E-state index contributed by atoms with van der Waals surface area (Å²) in [6.07, 6.45) is 0.933. The Hall–Kier alpha value is -0.610. The van der Waals surface area contributed by atoms with Gasteiger partial charge in [0.05, 0.1) is 0 Å². The normalized spacial score (nSPS) is 21.3. The van der Waals surface area contributed by atoms with Crippen molar-refractivity contribution in [3.63, 3.8) is 0 Å². The van der Waals surface area contributed by atoms with E-state index in [1.54, 1.807) is 0 Å². The van der Waals surface area contributed by atoms with Crippen LogP contribution in [0, 0.1) is 5.92 Å². The summed E-state index contributed by atoms with van der Waals surface area (Å²) in [5, 5.41) is 8.89. The summed E-state index contributed by atoms with van der Waals surface area (Å²) in [6, 6.07) is 0. The van der Waals surface area contributed by atoms with Gasteiger partial charge in [0.2, 0.25) is 0 Å². The number of ether oxygens (including phenoxy) is 2. The van der Waals surface area contributed by atoms with Crippen LogP contribution in [-0.2, 0) is 14.3 Å². The van der Waals surface area contributed by atoms with E-state index in [1.807, 2.05) is 6.92 Å². The standard InChI is InChI=1S/C9H16O4/c1-2-13-8(9(10)11)7-3-5-12-6-4-7/h7-8H,2-6H2,1H3,(H,10,11)/t8-/m1/s1. The van der Waals surface area contributed by atoms with Crippen LogP contribution in [0.1, 0.15) is 19.8 Å². The quantitative estimate of drug-likeness (QED) is 0.712. The molecule has 0 radical (unpaired) electrons. The van der Waals surface area contributed by atoms with Crippen LogP contribution in [0.15, 0.2) is 0 Å². The smallest absolute Gasteiger partial charge is 0.333 e. The van der Waals surface area contributed by atoms with Crippen LogP contribution >= 0.6 is 0 Å². The van der Waals surface area contributed by atoms with Crippen molar-refractivity contribution in [1.82, 2.24) is 0 Å². The monoisotopic (exact) mass is 188 g/mol. The van der Waals surface area contributed by atoms with Crippen molar-refractivity contribution >= 4 is 5.97 Å². The molecule has 1 rings (SSSR count). The molecule has 1 aliphatic heterocycles. The van der Waals surface area contributed by atoms with Gasteiger partial charge in [0.1, 0.15) is 0 Å². The second-order valence-corrected chi connectivity index (χ2v) is 3.16. The second kappa shape index (κ2) is 5.19. The van der Waals surface area contributed by atoms with Gasteiger partial charge in [0.25, 0.3) is 0 Å². The van der Waals surface area contributed by atoms with Gasteiger partial charge in [-0.15, -0.1) is 0 Å². The first-order valence-corrected chi connectivity index (χ1v) is 4.68. The van der Waals surface area contributed by atoms with Gasteiger partial charge in [-0.25, -0.2) is 4.79 Å². The Bertz CT molecular complexity index is 163. The van der Waals surface area contributed by atoms with Crippen molar-refractivity contribution < 1.29 is 19.4 Å². The van der Waals surface area contributed by atoms with E-state index in [9.17, 15) is 4.79 Å². The van der Waals surface area contributed by atoms with E-state index in [0.717, 1.165) is 12.8 Å². The van der Waals surface area contributed by atoms with Crippen molar-refractivity contribution in [2.75, 3.05) is 19.8 Å². The first-order chi connectivity index (χ1) is 6.25. The van der Waals surface area contributed by atoms with Gasteiger partial charge in [0.15, 0.2) is 6.10 Å². The predicted molar refractivity (Wildman–Crippen MR) is 46.6 cm³/mol. The molecule has 1 saturated heterocycles. The number of aliphatic carboxylic acids is 1. The topological polar surface area (TPSA) is 55.8 Å². The molecule has 1 fully saturated rings. The van der Waals surface area contributed by atoms with E-state index in [2.05, 4.69) is 0 Å². The fourth-order valence-electron chi connectivity index (χ4n) is 1.61. The molecule has 0 bridgehead atoms. The summed E-state index contributed by atoms with van der Waals surface area (Å²) in [5.41, 5.74) is 0. The Morgan fingerprint density at radius 1 is 1.62 bits per heavy atom. The zero-order valence-electron chi connectivity index (χ0n) is 7.86. The highest BCUT2D eigenvalue weighted by Gasteiger charge is 2.29. The summed E-state index contributed by atoms with van der Waals surface area (Å²) >= 11 is 0. The molecule has 0 spiro atoms. The van der Waals surface area contributed by atoms with E-state index >= 15 is 0 Å². The molecule has 0 aliphatic carbocycles. The van der Waals surface area contributed by atoms with Crippen molar-refractivity contribution in [2.45, 2.75) is 25.9 Å². The lowest BCUT2D eigenvalue weighted by Crippen LogP contribution is -2.36. The van der Waals surface area contributed by atoms with Crippen LogP contribution in [0.2, 0.25) is 0 Å². The Morgan fingerprint density at radius 2 is 2.23 bits per heavy atom. The number of hydrogen-bond acceptors (Lipinski definition) is 3. The number of carboxylic acid groups (broad SMARTS) is 1. The highest BCUT2D eigenvalue weighted by molar-refractivity contribution is 5.72. The predicted octanol–water partition coefficient (Wildman–Crippen LogP) is 0.903. The molecule has 0 saturated carbocycles. The van der Waals surface area contributed by atoms with Gasteiger partial charge in [-0.3, -0.25) is 0 Å². The third kappa shape index (κ3) is 2.97. The van der Waals surface area contributed by atoms with Gasteiger partial charge < -0.3 is 14.6 Å². The maximum Gasteiger partial charge on any atom is 0.333 e. The zero-order valence-corrected chi connectivity index (χ0v) is 7.86. The van der Waals surface area contributed by atoms with Crippen LogP contribution < -0.4 is 0 Å².